The first kappa shape index (κ1) is 13.8. The Morgan fingerprint density at radius 3 is 2.00 bits per heavy atom. The van der Waals surface area contributed by atoms with Crippen LogP contribution in [0.25, 0.3) is 5.57 Å². The maximum absolute atomic E-state index is 12.4. The number of aliphatic hydroxyl groups is 1. The highest BCUT2D eigenvalue weighted by atomic mass is 19.4. The summed E-state index contributed by atoms with van der Waals surface area (Å²) in [6, 6.07) is 7.15. The van der Waals surface area contributed by atoms with Crippen molar-refractivity contribution < 1.29 is 18.3 Å². The molecule has 0 spiro atoms. The zero-order valence-corrected chi connectivity index (χ0v) is 9.97. The van der Waals surface area contributed by atoms with E-state index in [2.05, 4.69) is 0 Å². The molecule has 1 aromatic carbocycles. The van der Waals surface area contributed by atoms with Gasteiger partial charge in [0.15, 0.2) is 6.10 Å². The number of aliphatic hydroxyl groups excluding tert-OH is 1. The van der Waals surface area contributed by atoms with Crippen molar-refractivity contribution in [3.63, 3.8) is 0 Å². The Balaban J connectivity index is 3.09. The van der Waals surface area contributed by atoms with Gasteiger partial charge in [0.2, 0.25) is 0 Å². The van der Waals surface area contributed by atoms with Crippen molar-refractivity contribution in [3.05, 3.63) is 41.0 Å². The highest BCUT2D eigenvalue weighted by molar-refractivity contribution is 5.67. The van der Waals surface area contributed by atoms with Gasteiger partial charge in [-0.15, -0.1) is 0 Å². The summed E-state index contributed by atoms with van der Waals surface area (Å²) >= 11 is 0. The molecule has 0 aromatic heterocycles. The van der Waals surface area contributed by atoms with Crippen LogP contribution < -0.4 is 0 Å². The fourth-order valence-electron chi connectivity index (χ4n) is 1.48. The summed E-state index contributed by atoms with van der Waals surface area (Å²) in [5, 5.41) is 9.16. The van der Waals surface area contributed by atoms with Crippen molar-refractivity contribution in [3.8, 4) is 0 Å². The summed E-state index contributed by atoms with van der Waals surface area (Å²) in [5.74, 6) is 0. The van der Waals surface area contributed by atoms with Gasteiger partial charge in [-0.3, -0.25) is 0 Å². The Morgan fingerprint density at radius 1 is 1.12 bits per heavy atom. The average Bonchev–Trinajstić information content (AvgIpc) is 2.26. The number of hydrogen-bond donors (Lipinski definition) is 1. The summed E-state index contributed by atoms with van der Waals surface area (Å²) in [5.41, 5.74) is 2.11. The van der Waals surface area contributed by atoms with Gasteiger partial charge < -0.3 is 5.11 Å². The van der Waals surface area contributed by atoms with E-state index < -0.39 is 12.3 Å². The number of aryl methyl sites for hydroxylation is 1. The van der Waals surface area contributed by atoms with Gasteiger partial charge >= 0.3 is 6.18 Å². The molecule has 1 aromatic rings. The first-order chi connectivity index (χ1) is 7.73. The predicted molar refractivity (Wildman–Crippen MR) is 61.5 cm³/mol. The normalized spacial score (nSPS) is 15.5. The number of allylic oxidation sites excluding steroid dienone is 1. The molecule has 1 unspecified atom stereocenters. The van der Waals surface area contributed by atoms with Gasteiger partial charge in [0.1, 0.15) is 0 Å². The standard InChI is InChI=1S/C13H15F3O/c1-8-4-6-11(7-5-8)9(2)10(3)12(17)13(14,15)16/h4-7,12,17H,1-3H3. The van der Waals surface area contributed by atoms with Gasteiger partial charge in [-0.05, 0) is 37.5 Å². The summed E-state index contributed by atoms with van der Waals surface area (Å²) < 4.78 is 37.1. The number of hydrogen-bond acceptors (Lipinski definition) is 1. The Kier molecular flexibility index (Phi) is 3.98. The molecule has 0 saturated heterocycles. The summed E-state index contributed by atoms with van der Waals surface area (Å²) in [7, 11) is 0. The second kappa shape index (κ2) is 4.92. The smallest absolute Gasteiger partial charge is 0.379 e. The maximum atomic E-state index is 12.4. The molecule has 17 heavy (non-hydrogen) atoms. The Hall–Kier alpha value is -1.29. The topological polar surface area (TPSA) is 20.2 Å². The van der Waals surface area contributed by atoms with E-state index >= 15 is 0 Å². The van der Waals surface area contributed by atoms with E-state index in [-0.39, 0.29) is 5.57 Å². The van der Waals surface area contributed by atoms with Gasteiger partial charge in [0.05, 0.1) is 0 Å². The molecule has 1 nitrogen and oxygen atoms in total. The lowest BCUT2D eigenvalue weighted by Crippen LogP contribution is -2.29. The van der Waals surface area contributed by atoms with Crippen LogP contribution in [0.2, 0.25) is 0 Å². The van der Waals surface area contributed by atoms with Crippen molar-refractivity contribution >= 4 is 5.57 Å². The van der Waals surface area contributed by atoms with Gasteiger partial charge in [-0.1, -0.05) is 29.8 Å². The van der Waals surface area contributed by atoms with E-state index in [9.17, 15) is 13.2 Å². The van der Waals surface area contributed by atoms with Crippen LogP contribution in [0.1, 0.15) is 25.0 Å². The molecule has 1 atom stereocenters. The van der Waals surface area contributed by atoms with E-state index in [4.69, 9.17) is 5.11 Å². The lowest BCUT2D eigenvalue weighted by molar-refractivity contribution is -0.191. The summed E-state index contributed by atoms with van der Waals surface area (Å²) in [6.07, 6.45) is -7.01. The van der Waals surface area contributed by atoms with Crippen LogP contribution in [0, 0.1) is 6.92 Å². The molecule has 0 aliphatic rings. The predicted octanol–water partition coefficient (Wildman–Crippen LogP) is 3.71. The highest BCUT2D eigenvalue weighted by Gasteiger charge is 2.39. The van der Waals surface area contributed by atoms with Gasteiger partial charge in [0.25, 0.3) is 0 Å². The van der Waals surface area contributed by atoms with Crippen molar-refractivity contribution in [1.29, 1.82) is 0 Å². The summed E-state index contributed by atoms with van der Waals surface area (Å²) in [6.45, 7) is 4.78. The molecule has 0 aliphatic heterocycles. The molecular formula is C13H15F3O. The van der Waals surface area contributed by atoms with Gasteiger partial charge in [-0.25, -0.2) is 0 Å². The van der Waals surface area contributed by atoms with E-state index in [1.54, 1.807) is 19.1 Å². The molecule has 0 radical (unpaired) electrons. The fourth-order valence-corrected chi connectivity index (χ4v) is 1.48. The average molecular weight is 244 g/mol. The maximum Gasteiger partial charge on any atom is 0.418 e. The monoisotopic (exact) mass is 244 g/mol. The lowest BCUT2D eigenvalue weighted by Gasteiger charge is -2.18. The Morgan fingerprint density at radius 2 is 1.59 bits per heavy atom. The van der Waals surface area contributed by atoms with E-state index in [1.807, 2.05) is 19.1 Å². The molecule has 4 heteroatoms. The first-order valence-electron chi connectivity index (χ1n) is 5.22. The third-order valence-electron chi connectivity index (χ3n) is 2.80. The van der Waals surface area contributed by atoms with Crippen LogP contribution in [0.15, 0.2) is 29.8 Å². The summed E-state index contributed by atoms with van der Waals surface area (Å²) in [4.78, 5) is 0. The van der Waals surface area contributed by atoms with Crippen LogP contribution in [0.5, 0.6) is 0 Å². The number of halogens is 3. The first-order valence-corrected chi connectivity index (χ1v) is 5.22. The number of rotatable bonds is 2. The molecule has 0 bridgehead atoms. The molecule has 1 N–H and O–H groups in total. The molecule has 0 saturated carbocycles. The third-order valence-corrected chi connectivity index (χ3v) is 2.80. The zero-order valence-electron chi connectivity index (χ0n) is 9.97. The van der Waals surface area contributed by atoms with Gasteiger partial charge in [-0.2, -0.15) is 13.2 Å². The third kappa shape index (κ3) is 3.33. The Labute approximate surface area is 98.6 Å². The van der Waals surface area contributed by atoms with Gasteiger partial charge in [0, 0.05) is 0 Å². The van der Waals surface area contributed by atoms with E-state index in [0.717, 1.165) is 5.56 Å². The number of alkyl halides is 3. The van der Waals surface area contributed by atoms with Crippen molar-refractivity contribution in [2.24, 2.45) is 0 Å². The minimum absolute atomic E-state index is 0.0682. The number of benzene rings is 1. The van der Waals surface area contributed by atoms with Crippen molar-refractivity contribution in [1.82, 2.24) is 0 Å². The molecule has 0 heterocycles. The second-order valence-electron chi connectivity index (χ2n) is 4.12. The van der Waals surface area contributed by atoms with E-state index in [0.29, 0.717) is 11.1 Å². The second-order valence-corrected chi connectivity index (χ2v) is 4.12. The van der Waals surface area contributed by atoms with Crippen molar-refractivity contribution in [2.75, 3.05) is 0 Å². The van der Waals surface area contributed by atoms with E-state index in [1.165, 1.54) is 6.92 Å². The minimum atomic E-state index is -4.62. The molecule has 0 aliphatic carbocycles. The SMILES string of the molecule is CC(=C(C)C(O)C(F)(F)F)c1ccc(C)cc1. The largest absolute Gasteiger partial charge is 0.418 e. The quantitative estimate of drug-likeness (QED) is 0.840. The molecule has 0 amide bonds. The minimum Gasteiger partial charge on any atom is -0.379 e. The van der Waals surface area contributed by atoms with Crippen LogP contribution in [0.4, 0.5) is 13.2 Å². The van der Waals surface area contributed by atoms with Crippen LogP contribution in [-0.2, 0) is 0 Å². The van der Waals surface area contributed by atoms with Crippen LogP contribution >= 0.6 is 0 Å². The van der Waals surface area contributed by atoms with Crippen LogP contribution in [0.3, 0.4) is 0 Å². The lowest BCUT2D eigenvalue weighted by atomic mass is 9.98. The van der Waals surface area contributed by atoms with Crippen LogP contribution in [-0.4, -0.2) is 17.4 Å². The highest BCUT2D eigenvalue weighted by Crippen LogP contribution is 2.29. The molecule has 0 fully saturated rings. The zero-order chi connectivity index (χ0) is 13.2. The Bertz CT molecular complexity index is 415. The molecule has 1 rings (SSSR count). The molecule has 94 valence electrons. The fraction of sp³-hybridized carbons (Fsp3) is 0.385. The molecular weight excluding hydrogens is 229 g/mol. The van der Waals surface area contributed by atoms with Crippen molar-refractivity contribution in [2.45, 2.75) is 33.1 Å².